The lowest BCUT2D eigenvalue weighted by Crippen LogP contribution is -2.00. The van der Waals surface area contributed by atoms with E-state index in [9.17, 15) is 4.79 Å². The monoisotopic (exact) mass is 318 g/mol. The van der Waals surface area contributed by atoms with Crippen molar-refractivity contribution in [2.75, 3.05) is 7.11 Å². The van der Waals surface area contributed by atoms with Crippen molar-refractivity contribution < 1.29 is 14.3 Å². The molecule has 24 heavy (non-hydrogen) atoms. The molecule has 3 heteroatoms. The first-order valence-electron chi connectivity index (χ1n) is 7.72. The van der Waals surface area contributed by atoms with E-state index in [0.717, 1.165) is 22.4 Å². The second-order valence-electron chi connectivity index (χ2n) is 5.37. The fourth-order valence-corrected chi connectivity index (χ4v) is 2.43. The zero-order chi connectivity index (χ0) is 16.8. The highest BCUT2D eigenvalue weighted by molar-refractivity contribution is 5.90. The van der Waals surface area contributed by atoms with Crippen molar-refractivity contribution in [1.29, 1.82) is 0 Å². The summed E-state index contributed by atoms with van der Waals surface area (Å²) in [5.74, 6) is 0.478. The molecular weight excluding hydrogens is 300 g/mol. The van der Waals surface area contributed by atoms with E-state index in [1.807, 2.05) is 72.8 Å². The second kappa shape index (κ2) is 7.47. The molecule has 0 aliphatic heterocycles. The van der Waals surface area contributed by atoms with Crippen molar-refractivity contribution in [3.63, 3.8) is 0 Å². The Morgan fingerprint density at radius 3 is 2.29 bits per heavy atom. The van der Waals surface area contributed by atoms with Crippen LogP contribution in [-0.2, 0) is 11.3 Å². The van der Waals surface area contributed by atoms with Crippen LogP contribution in [0.4, 0.5) is 0 Å². The lowest BCUT2D eigenvalue weighted by atomic mass is 10.0. The Morgan fingerprint density at radius 1 is 0.833 bits per heavy atom. The number of carbonyl (C=O) groups excluding carboxylic acids is 1. The number of methoxy groups -OCH3 is 1. The SMILES string of the molecule is COC(=O)c1cccc(-c2ccc(OCc3ccccc3)cc2)c1. The maximum absolute atomic E-state index is 11.6. The van der Waals surface area contributed by atoms with Gasteiger partial charge >= 0.3 is 5.97 Å². The Balaban J connectivity index is 1.71. The fourth-order valence-electron chi connectivity index (χ4n) is 2.43. The number of esters is 1. The van der Waals surface area contributed by atoms with Crippen LogP contribution >= 0.6 is 0 Å². The summed E-state index contributed by atoms with van der Waals surface area (Å²) in [6.07, 6.45) is 0. The third kappa shape index (κ3) is 3.82. The van der Waals surface area contributed by atoms with E-state index in [1.54, 1.807) is 6.07 Å². The minimum Gasteiger partial charge on any atom is -0.489 e. The predicted molar refractivity (Wildman–Crippen MR) is 94.0 cm³/mol. The molecule has 0 saturated heterocycles. The average Bonchev–Trinajstić information content (AvgIpc) is 2.67. The first-order valence-corrected chi connectivity index (χ1v) is 7.72. The quantitative estimate of drug-likeness (QED) is 0.639. The van der Waals surface area contributed by atoms with Gasteiger partial charge in [-0.05, 0) is 41.0 Å². The number of ether oxygens (including phenoxy) is 2. The van der Waals surface area contributed by atoms with Gasteiger partial charge < -0.3 is 9.47 Å². The number of rotatable bonds is 5. The van der Waals surface area contributed by atoms with E-state index in [4.69, 9.17) is 9.47 Å². The fraction of sp³-hybridized carbons (Fsp3) is 0.0952. The Bertz CT molecular complexity index is 808. The van der Waals surface area contributed by atoms with Crippen LogP contribution in [-0.4, -0.2) is 13.1 Å². The van der Waals surface area contributed by atoms with Gasteiger partial charge in [0.15, 0.2) is 0 Å². The van der Waals surface area contributed by atoms with Gasteiger partial charge in [0.1, 0.15) is 12.4 Å². The lowest BCUT2D eigenvalue weighted by Gasteiger charge is -2.08. The van der Waals surface area contributed by atoms with E-state index in [0.29, 0.717) is 12.2 Å². The summed E-state index contributed by atoms with van der Waals surface area (Å²) in [6, 6.07) is 25.3. The van der Waals surface area contributed by atoms with Gasteiger partial charge in [0.05, 0.1) is 12.7 Å². The largest absolute Gasteiger partial charge is 0.489 e. The van der Waals surface area contributed by atoms with Crippen molar-refractivity contribution in [2.24, 2.45) is 0 Å². The van der Waals surface area contributed by atoms with Gasteiger partial charge in [-0.15, -0.1) is 0 Å². The van der Waals surface area contributed by atoms with Crippen LogP contribution in [0.3, 0.4) is 0 Å². The van der Waals surface area contributed by atoms with Gasteiger partial charge in [-0.2, -0.15) is 0 Å². The van der Waals surface area contributed by atoms with Gasteiger partial charge in [-0.3, -0.25) is 0 Å². The summed E-state index contributed by atoms with van der Waals surface area (Å²) in [4.78, 5) is 11.6. The molecule has 0 aliphatic carbocycles. The molecule has 0 aliphatic rings. The van der Waals surface area contributed by atoms with Crippen molar-refractivity contribution in [3.8, 4) is 16.9 Å². The number of hydrogen-bond acceptors (Lipinski definition) is 3. The van der Waals surface area contributed by atoms with Crippen molar-refractivity contribution in [3.05, 3.63) is 90.0 Å². The van der Waals surface area contributed by atoms with E-state index >= 15 is 0 Å². The minimum absolute atomic E-state index is 0.334. The summed E-state index contributed by atoms with van der Waals surface area (Å²) < 4.78 is 10.5. The molecular formula is C21H18O3. The van der Waals surface area contributed by atoms with Crippen molar-refractivity contribution in [1.82, 2.24) is 0 Å². The third-order valence-corrected chi connectivity index (χ3v) is 3.72. The third-order valence-electron chi connectivity index (χ3n) is 3.72. The normalized spacial score (nSPS) is 10.2. The molecule has 0 N–H and O–H groups in total. The van der Waals surface area contributed by atoms with Crippen LogP contribution in [0.15, 0.2) is 78.9 Å². The zero-order valence-corrected chi connectivity index (χ0v) is 13.4. The van der Waals surface area contributed by atoms with Crippen molar-refractivity contribution >= 4 is 5.97 Å². The molecule has 0 aromatic heterocycles. The standard InChI is InChI=1S/C21H18O3/c1-23-21(22)19-9-5-8-18(14-19)17-10-12-20(13-11-17)24-15-16-6-3-2-4-7-16/h2-14H,15H2,1H3. The van der Waals surface area contributed by atoms with E-state index in [2.05, 4.69) is 0 Å². The number of hydrogen-bond donors (Lipinski definition) is 0. The minimum atomic E-state index is -0.334. The Morgan fingerprint density at radius 2 is 1.58 bits per heavy atom. The summed E-state index contributed by atoms with van der Waals surface area (Å²) in [5.41, 5.74) is 3.66. The van der Waals surface area contributed by atoms with Crippen LogP contribution < -0.4 is 4.74 Å². The van der Waals surface area contributed by atoms with Crippen molar-refractivity contribution in [2.45, 2.75) is 6.61 Å². The molecule has 3 nitrogen and oxygen atoms in total. The highest BCUT2D eigenvalue weighted by Gasteiger charge is 2.07. The average molecular weight is 318 g/mol. The lowest BCUT2D eigenvalue weighted by molar-refractivity contribution is 0.0601. The first-order chi connectivity index (χ1) is 11.8. The van der Waals surface area contributed by atoms with Crippen LogP contribution in [0.5, 0.6) is 5.75 Å². The van der Waals surface area contributed by atoms with Gasteiger partial charge in [0.25, 0.3) is 0 Å². The van der Waals surface area contributed by atoms with Gasteiger partial charge in [0, 0.05) is 0 Å². The summed E-state index contributed by atoms with van der Waals surface area (Å²) in [7, 11) is 1.38. The smallest absolute Gasteiger partial charge is 0.337 e. The molecule has 0 fully saturated rings. The Hall–Kier alpha value is -3.07. The van der Waals surface area contributed by atoms with Crippen LogP contribution in [0.25, 0.3) is 11.1 Å². The molecule has 0 unspecified atom stereocenters. The summed E-state index contributed by atoms with van der Waals surface area (Å²) in [5, 5.41) is 0. The highest BCUT2D eigenvalue weighted by Crippen LogP contribution is 2.24. The molecule has 3 aromatic rings. The molecule has 0 radical (unpaired) electrons. The molecule has 0 atom stereocenters. The summed E-state index contributed by atoms with van der Waals surface area (Å²) in [6.45, 7) is 0.540. The van der Waals surface area contributed by atoms with Gasteiger partial charge in [0.2, 0.25) is 0 Å². The van der Waals surface area contributed by atoms with Gasteiger partial charge in [-0.1, -0.05) is 54.6 Å². The summed E-state index contributed by atoms with van der Waals surface area (Å²) >= 11 is 0. The van der Waals surface area contributed by atoms with Gasteiger partial charge in [-0.25, -0.2) is 4.79 Å². The molecule has 0 amide bonds. The molecule has 0 heterocycles. The maximum atomic E-state index is 11.6. The molecule has 3 rings (SSSR count). The second-order valence-corrected chi connectivity index (χ2v) is 5.37. The predicted octanol–water partition coefficient (Wildman–Crippen LogP) is 4.72. The Kier molecular flexibility index (Phi) is 4.92. The van der Waals surface area contributed by atoms with E-state index < -0.39 is 0 Å². The van der Waals surface area contributed by atoms with Crippen LogP contribution in [0.1, 0.15) is 15.9 Å². The highest BCUT2D eigenvalue weighted by atomic mass is 16.5. The molecule has 3 aromatic carbocycles. The van der Waals surface area contributed by atoms with Crippen LogP contribution in [0.2, 0.25) is 0 Å². The van der Waals surface area contributed by atoms with E-state index in [-0.39, 0.29) is 5.97 Å². The number of benzene rings is 3. The van der Waals surface area contributed by atoms with Crippen LogP contribution in [0, 0.1) is 0 Å². The van der Waals surface area contributed by atoms with E-state index in [1.165, 1.54) is 7.11 Å². The molecule has 0 bridgehead atoms. The molecule has 0 spiro atoms. The molecule has 0 saturated carbocycles. The molecule has 120 valence electrons. The number of carbonyl (C=O) groups is 1. The Labute approximate surface area is 141 Å². The zero-order valence-electron chi connectivity index (χ0n) is 13.4. The first kappa shape index (κ1) is 15.8. The maximum Gasteiger partial charge on any atom is 0.337 e. The topological polar surface area (TPSA) is 35.5 Å².